The van der Waals surface area contributed by atoms with E-state index in [9.17, 15) is 17.6 Å². The highest BCUT2D eigenvalue weighted by Crippen LogP contribution is 2.25. The Hall–Kier alpha value is -2.90. The average molecular weight is 461 g/mol. The van der Waals surface area contributed by atoms with E-state index in [0.717, 1.165) is 15.4 Å². The minimum absolute atomic E-state index is 0.0394. The second-order valence-electron chi connectivity index (χ2n) is 7.03. The highest BCUT2D eigenvalue weighted by atomic mass is 35.5. The molecule has 0 bridgehead atoms. The first-order chi connectivity index (χ1) is 14.8. The van der Waals surface area contributed by atoms with Gasteiger partial charge in [-0.15, -0.1) is 0 Å². The monoisotopic (exact) mass is 460 g/mol. The molecule has 0 unspecified atom stereocenters. The summed E-state index contributed by atoms with van der Waals surface area (Å²) in [7, 11) is -3.99. The summed E-state index contributed by atoms with van der Waals surface area (Å²) in [6.45, 7) is 1.77. The molecule has 0 spiro atoms. The van der Waals surface area contributed by atoms with E-state index in [-0.39, 0.29) is 17.3 Å². The maximum absolute atomic E-state index is 13.3. The molecule has 0 saturated heterocycles. The van der Waals surface area contributed by atoms with Crippen molar-refractivity contribution in [2.75, 3.05) is 17.4 Å². The van der Waals surface area contributed by atoms with E-state index in [1.807, 2.05) is 13.0 Å². The maximum atomic E-state index is 13.3. The molecule has 0 aliphatic heterocycles. The molecular weight excluding hydrogens is 439 g/mol. The number of benzene rings is 3. The molecular formula is C23H22ClFN2O3S. The van der Waals surface area contributed by atoms with Gasteiger partial charge in [-0.25, -0.2) is 12.8 Å². The van der Waals surface area contributed by atoms with Crippen LogP contribution in [0.15, 0.2) is 77.7 Å². The summed E-state index contributed by atoms with van der Waals surface area (Å²) < 4.78 is 40.7. The highest BCUT2D eigenvalue weighted by Gasteiger charge is 2.27. The van der Waals surface area contributed by atoms with E-state index in [1.165, 1.54) is 36.4 Å². The zero-order chi connectivity index (χ0) is 22.4. The fourth-order valence-corrected chi connectivity index (χ4v) is 4.55. The van der Waals surface area contributed by atoms with Crippen LogP contribution in [0, 0.1) is 12.7 Å². The third kappa shape index (κ3) is 6.06. The first-order valence-corrected chi connectivity index (χ1v) is 11.4. The smallest absolute Gasteiger partial charge is 0.264 e. The molecule has 31 heavy (non-hydrogen) atoms. The van der Waals surface area contributed by atoms with Crippen LogP contribution in [0.5, 0.6) is 0 Å². The normalized spacial score (nSPS) is 11.2. The molecule has 0 heterocycles. The van der Waals surface area contributed by atoms with E-state index >= 15 is 0 Å². The molecule has 0 saturated carbocycles. The lowest BCUT2D eigenvalue weighted by atomic mass is 10.1. The van der Waals surface area contributed by atoms with Gasteiger partial charge in [0, 0.05) is 11.6 Å². The van der Waals surface area contributed by atoms with E-state index in [1.54, 1.807) is 30.3 Å². The number of anilines is 1. The summed E-state index contributed by atoms with van der Waals surface area (Å²) in [6.07, 6.45) is 0.500. The first-order valence-electron chi connectivity index (χ1n) is 9.62. The number of aryl methyl sites for hydroxylation is 1. The van der Waals surface area contributed by atoms with Gasteiger partial charge in [-0.1, -0.05) is 35.9 Å². The Kier molecular flexibility index (Phi) is 7.30. The van der Waals surface area contributed by atoms with E-state index in [2.05, 4.69) is 5.32 Å². The fraction of sp³-hybridized carbons (Fsp3) is 0.174. The molecule has 162 valence electrons. The molecule has 0 fully saturated rings. The number of hydrogen-bond donors (Lipinski definition) is 1. The summed E-state index contributed by atoms with van der Waals surface area (Å²) in [5.74, 6) is -0.768. The summed E-state index contributed by atoms with van der Waals surface area (Å²) in [5, 5.41) is 3.15. The van der Waals surface area contributed by atoms with Crippen molar-refractivity contribution >= 4 is 33.2 Å². The van der Waals surface area contributed by atoms with Gasteiger partial charge in [0.25, 0.3) is 10.0 Å². The second-order valence-corrected chi connectivity index (χ2v) is 9.33. The van der Waals surface area contributed by atoms with Crippen LogP contribution in [0.1, 0.15) is 11.1 Å². The number of halogens is 2. The Morgan fingerprint density at radius 2 is 1.71 bits per heavy atom. The van der Waals surface area contributed by atoms with Gasteiger partial charge < -0.3 is 5.32 Å². The quantitative estimate of drug-likeness (QED) is 0.543. The first kappa shape index (κ1) is 22.8. The maximum Gasteiger partial charge on any atom is 0.264 e. The predicted octanol–water partition coefficient (Wildman–Crippen LogP) is 4.34. The van der Waals surface area contributed by atoms with Gasteiger partial charge in [0.2, 0.25) is 5.91 Å². The van der Waals surface area contributed by atoms with Gasteiger partial charge in [-0.3, -0.25) is 9.10 Å². The lowest BCUT2D eigenvalue weighted by Gasteiger charge is -2.24. The standard InChI is InChI=1S/C23H22ClFN2O3S/c1-17-3-2-4-21(15-17)27(31(29,30)22-11-7-19(24)8-12-22)16-23(28)26-14-13-18-5-9-20(25)10-6-18/h2-12,15H,13-14,16H2,1H3,(H,26,28). The highest BCUT2D eigenvalue weighted by molar-refractivity contribution is 7.92. The van der Waals surface area contributed by atoms with E-state index in [0.29, 0.717) is 23.7 Å². The van der Waals surface area contributed by atoms with Gasteiger partial charge in [-0.05, 0) is 73.0 Å². The van der Waals surface area contributed by atoms with Crippen LogP contribution >= 0.6 is 11.6 Å². The molecule has 0 aliphatic rings. The van der Waals surface area contributed by atoms with E-state index < -0.39 is 15.9 Å². The van der Waals surface area contributed by atoms with E-state index in [4.69, 9.17) is 11.6 Å². The van der Waals surface area contributed by atoms with Crippen molar-refractivity contribution < 1.29 is 17.6 Å². The van der Waals surface area contributed by atoms with Crippen molar-refractivity contribution in [2.45, 2.75) is 18.2 Å². The topological polar surface area (TPSA) is 66.5 Å². The molecule has 0 aromatic heterocycles. The van der Waals surface area contributed by atoms with Crippen molar-refractivity contribution in [3.05, 3.63) is 94.8 Å². The molecule has 0 atom stereocenters. The molecule has 3 aromatic rings. The number of carbonyl (C=O) groups excluding carboxylic acids is 1. The van der Waals surface area contributed by atoms with Gasteiger partial charge in [0.1, 0.15) is 12.4 Å². The van der Waals surface area contributed by atoms with Crippen molar-refractivity contribution in [3.8, 4) is 0 Å². The Labute approximate surface area is 186 Å². The number of nitrogens with one attached hydrogen (secondary N) is 1. The summed E-state index contributed by atoms with van der Waals surface area (Å²) in [6, 6.07) is 18.7. The van der Waals surface area contributed by atoms with Gasteiger partial charge in [-0.2, -0.15) is 0 Å². The summed E-state index contributed by atoms with van der Waals surface area (Å²) in [4.78, 5) is 12.6. The number of nitrogens with zero attached hydrogens (tertiary/aromatic N) is 1. The van der Waals surface area contributed by atoms with Crippen LogP contribution in [0.25, 0.3) is 0 Å². The average Bonchev–Trinajstić information content (AvgIpc) is 2.73. The number of carbonyl (C=O) groups is 1. The minimum Gasteiger partial charge on any atom is -0.354 e. The third-order valence-corrected chi connectivity index (χ3v) is 6.67. The molecule has 3 aromatic carbocycles. The summed E-state index contributed by atoms with van der Waals surface area (Å²) >= 11 is 5.89. The Morgan fingerprint density at radius 1 is 1.03 bits per heavy atom. The number of amides is 1. The van der Waals surface area contributed by atoms with Crippen molar-refractivity contribution in [1.82, 2.24) is 5.32 Å². The predicted molar refractivity (Wildman–Crippen MR) is 120 cm³/mol. The third-order valence-electron chi connectivity index (χ3n) is 4.63. The molecule has 5 nitrogen and oxygen atoms in total. The molecule has 1 N–H and O–H groups in total. The van der Waals surface area contributed by atoms with Crippen LogP contribution in [0.2, 0.25) is 5.02 Å². The summed E-state index contributed by atoms with van der Waals surface area (Å²) in [5.41, 5.74) is 2.13. The Morgan fingerprint density at radius 3 is 2.35 bits per heavy atom. The minimum atomic E-state index is -3.99. The molecule has 0 aliphatic carbocycles. The molecule has 0 radical (unpaired) electrons. The van der Waals surface area contributed by atoms with Crippen molar-refractivity contribution in [1.29, 1.82) is 0 Å². The second kappa shape index (κ2) is 9.94. The number of sulfonamides is 1. The molecule has 1 amide bonds. The van der Waals surface area contributed by atoms with Crippen LogP contribution in [-0.4, -0.2) is 27.4 Å². The lowest BCUT2D eigenvalue weighted by molar-refractivity contribution is -0.119. The number of hydrogen-bond acceptors (Lipinski definition) is 3. The Balaban J connectivity index is 1.77. The number of rotatable bonds is 8. The largest absolute Gasteiger partial charge is 0.354 e. The zero-order valence-corrected chi connectivity index (χ0v) is 18.5. The fourth-order valence-electron chi connectivity index (χ4n) is 3.02. The van der Waals surface area contributed by atoms with Crippen LogP contribution in [-0.2, 0) is 21.2 Å². The van der Waals surface area contributed by atoms with Gasteiger partial charge in [0.15, 0.2) is 0 Å². The molecule has 8 heteroatoms. The molecule has 3 rings (SSSR count). The van der Waals surface area contributed by atoms with Crippen molar-refractivity contribution in [3.63, 3.8) is 0 Å². The van der Waals surface area contributed by atoms with Gasteiger partial charge in [0.05, 0.1) is 10.6 Å². The van der Waals surface area contributed by atoms with Crippen molar-refractivity contribution in [2.24, 2.45) is 0 Å². The van der Waals surface area contributed by atoms with Gasteiger partial charge >= 0.3 is 0 Å². The lowest BCUT2D eigenvalue weighted by Crippen LogP contribution is -2.41. The van der Waals surface area contributed by atoms with Crippen LogP contribution in [0.3, 0.4) is 0 Å². The Bertz CT molecular complexity index is 1150. The van der Waals surface area contributed by atoms with Crippen LogP contribution in [0.4, 0.5) is 10.1 Å². The van der Waals surface area contributed by atoms with Crippen LogP contribution < -0.4 is 9.62 Å². The SMILES string of the molecule is Cc1cccc(N(CC(=O)NCCc2ccc(F)cc2)S(=O)(=O)c2ccc(Cl)cc2)c1. The zero-order valence-electron chi connectivity index (χ0n) is 16.9.